The number of methoxy groups -OCH3 is 1. The van der Waals surface area contributed by atoms with Crippen molar-refractivity contribution in [3.05, 3.63) is 23.8 Å². The number of hydrogen-bond donors (Lipinski definition) is 0. The molecule has 21 heavy (non-hydrogen) atoms. The summed E-state index contributed by atoms with van der Waals surface area (Å²) in [5.74, 6) is 1.29. The Morgan fingerprint density at radius 2 is 2.05 bits per heavy atom. The summed E-state index contributed by atoms with van der Waals surface area (Å²) in [5.41, 5.74) is 0.589. The normalized spacial score (nSPS) is 15.7. The molecule has 116 valence electrons. The lowest BCUT2D eigenvalue weighted by molar-refractivity contribution is 0.0368. The summed E-state index contributed by atoms with van der Waals surface area (Å²) in [6.07, 6.45) is 2.90. The van der Waals surface area contributed by atoms with E-state index in [1.807, 2.05) is 0 Å². The third-order valence-electron chi connectivity index (χ3n) is 3.55. The number of aldehydes is 1. The zero-order chi connectivity index (χ0) is 14.9. The van der Waals surface area contributed by atoms with Gasteiger partial charge >= 0.3 is 0 Å². The van der Waals surface area contributed by atoms with Gasteiger partial charge in [-0.05, 0) is 37.6 Å². The maximum atomic E-state index is 10.7. The summed E-state index contributed by atoms with van der Waals surface area (Å²) in [6.45, 7) is 5.49. The van der Waals surface area contributed by atoms with Crippen LogP contribution in [0.3, 0.4) is 0 Å². The van der Waals surface area contributed by atoms with Crippen LogP contribution in [0.1, 0.15) is 23.2 Å². The predicted octanol–water partition coefficient (Wildman–Crippen LogP) is 2.00. The number of morpholine rings is 1. The van der Waals surface area contributed by atoms with Gasteiger partial charge < -0.3 is 14.2 Å². The Hall–Kier alpha value is -1.59. The molecule has 2 rings (SSSR count). The standard InChI is InChI=1S/C16H23NO4/c1-19-16-12-14(13-18)4-5-15(16)21-9-3-2-6-17-7-10-20-11-8-17/h4-5,12-13H,2-3,6-11H2,1H3. The summed E-state index contributed by atoms with van der Waals surface area (Å²) >= 11 is 0. The zero-order valence-electron chi connectivity index (χ0n) is 12.5. The Balaban J connectivity index is 1.69. The van der Waals surface area contributed by atoms with E-state index in [4.69, 9.17) is 14.2 Å². The van der Waals surface area contributed by atoms with Crippen LogP contribution in [0, 0.1) is 0 Å². The summed E-state index contributed by atoms with van der Waals surface area (Å²) in [6, 6.07) is 5.21. The maximum Gasteiger partial charge on any atom is 0.161 e. The number of carbonyl (C=O) groups is 1. The highest BCUT2D eigenvalue weighted by Crippen LogP contribution is 2.27. The monoisotopic (exact) mass is 293 g/mol. The number of nitrogens with zero attached hydrogens (tertiary/aromatic N) is 1. The summed E-state index contributed by atoms with van der Waals surface area (Å²) < 4.78 is 16.3. The van der Waals surface area contributed by atoms with Crippen LogP contribution in [0.2, 0.25) is 0 Å². The molecule has 1 fully saturated rings. The summed E-state index contributed by atoms with van der Waals surface area (Å²) in [5, 5.41) is 0. The van der Waals surface area contributed by atoms with Gasteiger partial charge in [-0.15, -0.1) is 0 Å². The molecular weight excluding hydrogens is 270 g/mol. The van der Waals surface area contributed by atoms with Crippen LogP contribution in [0.5, 0.6) is 11.5 Å². The van der Waals surface area contributed by atoms with E-state index in [0.717, 1.165) is 52.0 Å². The van der Waals surface area contributed by atoms with Gasteiger partial charge in [0.25, 0.3) is 0 Å². The van der Waals surface area contributed by atoms with Gasteiger partial charge in [-0.3, -0.25) is 9.69 Å². The number of unbranched alkanes of at least 4 members (excludes halogenated alkanes) is 1. The van der Waals surface area contributed by atoms with Crippen LogP contribution in [0.4, 0.5) is 0 Å². The minimum Gasteiger partial charge on any atom is -0.493 e. The van der Waals surface area contributed by atoms with E-state index in [1.165, 1.54) is 0 Å². The topological polar surface area (TPSA) is 48.0 Å². The molecule has 1 aromatic rings. The Morgan fingerprint density at radius 1 is 1.24 bits per heavy atom. The highest BCUT2D eigenvalue weighted by Gasteiger charge is 2.09. The molecular formula is C16H23NO4. The quantitative estimate of drug-likeness (QED) is 0.542. The smallest absolute Gasteiger partial charge is 0.161 e. The minimum atomic E-state index is 0.589. The van der Waals surface area contributed by atoms with Crippen molar-refractivity contribution < 1.29 is 19.0 Å². The lowest BCUT2D eigenvalue weighted by Gasteiger charge is -2.26. The van der Waals surface area contributed by atoms with E-state index in [-0.39, 0.29) is 0 Å². The number of rotatable bonds is 8. The fraction of sp³-hybridized carbons (Fsp3) is 0.562. The average molecular weight is 293 g/mol. The van der Waals surface area contributed by atoms with Crippen molar-refractivity contribution in [1.82, 2.24) is 4.90 Å². The first-order chi connectivity index (χ1) is 10.3. The predicted molar refractivity (Wildman–Crippen MR) is 80.4 cm³/mol. The average Bonchev–Trinajstić information content (AvgIpc) is 2.55. The highest BCUT2D eigenvalue weighted by atomic mass is 16.5. The molecule has 1 heterocycles. The Labute approximate surface area is 125 Å². The second-order valence-corrected chi connectivity index (χ2v) is 5.04. The lowest BCUT2D eigenvalue weighted by Crippen LogP contribution is -2.36. The van der Waals surface area contributed by atoms with E-state index in [1.54, 1.807) is 25.3 Å². The molecule has 0 aromatic heterocycles. The molecule has 1 aliphatic rings. The second-order valence-electron chi connectivity index (χ2n) is 5.04. The lowest BCUT2D eigenvalue weighted by atomic mass is 10.2. The second kappa shape index (κ2) is 8.64. The van der Waals surface area contributed by atoms with Crippen LogP contribution in [-0.4, -0.2) is 57.8 Å². The first-order valence-electron chi connectivity index (χ1n) is 7.39. The van der Waals surface area contributed by atoms with Crippen LogP contribution in [-0.2, 0) is 4.74 Å². The first-order valence-corrected chi connectivity index (χ1v) is 7.39. The van der Waals surface area contributed by atoms with Gasteiger partial charge in [-0.2, -0.15) is 0 Å². The van der Waals surface area contributed by atoms with Crippen molar-refractivity contribution in [3.63, 3.8) is 0 Å². The van der Waals surface area contributed by atoms with E-state index >= 15 is 0 Å². The van der Waals surface area contributed by atoms with Crippen molar-refractivity contribution in [2.75, 3.05) is 46.6 Å². The Bertz CT molecular complexity index is 444. The molecule has 5 heteroatoms. The third-order valence-corrected chi connectivity index (χ3v) is 3.55. The van der Waals surface area contributed by atoms with E-state index in [2.05, 4.69) is 4.90 Å². The van der Waals surface area contributed by atoms with Crippen molar-refractivity contribution >= 4 is 6.29 Å². The largest absolute Gasteiger partial charge is 0.493 e. The number of ether oxygens (including phenoxy) is 3. The fourth-order valence-corrected chi connectivity index (χ4v) is 2.32. The molecule has 5 nitrogen and oxygen atoms in total. The number of carbonyl (C=O) groups excluding carboxylic acids is 1. The number of benzene rings is 1. The summed E-state index contributed by atoms with van der Waals surface area (Å²) in [7, 11) is 1.58. The van der Waals surface area contributed by atoms with Gasteiger partial charge in [0.2, 0.25) is 0 Å². The maximum absolute atomic E-state index is 10.7. The molecule has 0 unspecified atom stereocenters. The number of hydrogen-bond acceptors (Lipinski definition) is 5. The molecule has 0 amide bonds. The van der Waals surface area contributed by atoms with Crippen molar-refractivity contribution in [3.8, 4) is 11.5 Å². The minimum absolute atomic E-state index is 0.589. The third kappa shape index (κ3) is 5.02. The van der Waals surface area contributed by atoms with E-state index < -0.39 is 0 Å². The zero-order valence-corrected chi connectivity index (χ0v) is 12.5. The van der Waals surface area contributed by atoms with E-state index in [0.29, 0.717) is 23.7 Å². The first kappa shape index (κ1) is 15.8. The van der Waals surface area contributed by atoms with Crippen LogP contribution >= 0.6 is 0 Å². The van der Waals surface area contributed by atoms with Gasteiger partial charge in [-0.1, -0.05) is 0 Å². The van der Waals surface area contributed by atoms with Crippen molar-refractivity contribution in [2.24, 2.45) is 0 Å². The van der Waals surface area contributed by atoms with Crippen molar-refractivity contribution in [1.29, 1.82) is 0 Å². The molecule has 0 atom stereocenters. The Kier molecular flexibility index (Phi) is 6.50. The van der Waals surface area contributed by atoms with Crippen molar-refractivity contribution in [2.45, 2.75) is 12.8 Å². The SMILES string of the molecule is COc1cc(C=O)ccc1OCCCCN1CCOCC1. The van der Waals surface area contributed by atoms with Crippen LogP contribution in [0.25, 0.3) is 0 Å². The van der Waals surface area contributed by atoms with Crippen LogP contribution < -0.4 is 9.47 Å². The molecule has 0 bridgehead atoms. The molecule has 0 aliphatic carbocycles. The molecule has 0 spiro atoms. The van der Waals surface area contributed by atoms with Gasteiger partial charge in [-0.25, -0.2) is 0 Å². The van der Waals surface area contributed by atoms with E-state index in [9.17, 15) is 4.79 Å². The fourth-order valence-electron chi connectivity index (χ4n) is 2.32. The van der Waals surface area contributed by atoms with Gasteiger partial charge in [0.1, 0.15) is 6.29 Å². The Morgan fingerprint density at radius 3 is 2.76 bits per heavy atom. The molecule has 0 N–H and O–H groups in total. The van der Waals surface area contributed by atoms with Gasteiger partial charge in [0, 0.05) is 18.7 Å². The highest BCUT2D eigenvalue weighted by molar-refractivity contribution is 5.76. The summed E-state index contributed by atoms with van der Waals surface area (Å²) in [4.78, 5) is 13.1. The molecule has 0 radical (unpaired) electrons. The molecule has 1 aliphatic heterocycles. The molecule has 1 aromatic carbocycles. The molecule has 0 saturated carbocycles. The van der Waals surface area contributed by atoms with Gasteiger partial charge in [0.15, 0.2) is 11.5 Å². The van der Waals surface area contributed by atoms with Gasteiger partial charge in [0.05, 0.1) is 26.9 Å². The molecule has 1 saturated heterocycles. The van der Waals surface area contributed by atoms with Crippen LogP contribution in [0.15, 0.2) is 18.2 Å².